The largest absolute Gasteiger partial charge is 0.379 e. The average molecular weight is 285 g/mol. The highest BCUT2D eigenvalue weighted by atomic mass is 16.5. The minimum absolute atomic E-state index is 0.0103. The molecule has 2 aliphatic rings. The number of morpholine rings is 1. The van der Waals surface area contributed by atoms with Crippen molar-refractivity contribution in [2.75, 3.05) is 46.1 Å². The van der Waals surface area contributed by atoms with Crippen molar-refractivity contribution in [3.63, 3.8) is 0 Å². The van der Waals surface area contributed by atoms with E-state index in [0.717, 1.165) is 26.3 Å². The lowest BCUT2D eigenvalue weighted by Gasteiger charge is -2.41. The van der Waals surface area contributed by atoms with Gasteiger partial charge in [0, 0.05) is 31.2 Å². The molecule has 2 fully saturated rings. The number of nitrogens with two attached hydrogens (primary N) is 1. The van der Waals surface area contributed by atoms with Crippen molar-refractivity contribution in [1.29, 1.82) is 0 Å². The minimum Gasteiger partial charge on any atom is -0.379 e. The van der Waals surface area contributed by atoms with E-state index in [2.05, 4.69) is 24.1 Å². The summed E-state index contributed by atoms with van der Waals surface area (Å²) in [5.74, 6) is -0.0103. The average Bonchev–Trinajstić information content (AvgIpc) is 2.78. The first kappa shape index (κ1) is 15.7. The van der Waals surface area contributed by atoms with E-state index in [-0.39, 0.29) is 17.5 Å². The highest BCUT2D eigenvalue weighted by molar-refractivity contribution is 5.83. The van der Waals surface area contributed by atoms with E-state index in [9.17, 15) is 4.79 Å². The van der Waals surface area contributed by atoms with E-state index in [0.29, 0.717) is 19.8 Å². The van der Waals surface area contributed by atoms with Crippen LogP contribution < -0.4 is 11.1 Å². The number of hydrogen-bond donors (Lipinski definition) is 2. The topological polar surface area (TPSA) is 76.8 Å². The van der Waals surface area contributed by atoms with Gasteiger partial charge in [-0.25, -0.2) is 0 Å². The lowest BCUT2D eigenvalue weighted by Crippen LogP contribution is -2.58. The Bertz CT molecular complexity index is 356. The maximum Gasteiger partial charge on any atom is 0.230 e. The van der Waals surface area contributed by atoms with Gasteiger partial charge in [-0.15, -0.1) is 0 Å². The van der Waals surface area contributed by atoms with Crippen molar-refractivity contribution < 1.29 is 14.3 Å². The van der Waals surface area contributed by atoms with E-state index >= 15 is 0 Å². The van der Waals surface area contributed by atoms with Crippen molar-refractivity contribution in [3.05, 3.63) is 0 Å². The normalized spacial score (nSPS) is 32.3. The first-order valence-electron chi connectivity index (χ1n) is 7.31. The molecule has 1 amide bonds. The second-order valence-corrected chi connectivity index (χ2v) is 6.63. The Morgan fingerprint density at radius 1 is 1.40 bits per heavy atom. The van der Waals surface area contributed by atoms with E-state index in [4.69, 9.17) is 15.2 Å². The maximum absolute atomic E-state index is 12.4. The SMILES string of the molecule is CC1(C(=O)NCC(C)(C)N2CCOCC2)COCC1N. The van der Waals surface area contributed by atoms with Crippen LogP contribution in [0.3, 0.4) is 0 Å². The summed E-state index contributed by atoms with van der Waals surface area (Å²) in [7, 11) is 0. The lowest BCUT2D eigenvalue weighted by molar-refractivity contribution is -0.131. The Hall–Kier alpha value is -0.690. The van der Waals surface area contributed by atoms with Crippen LogP contribution in [0.25, 0.3) is 0 Å². The smallest absolute Gasteiger partial charge is 0.230 e. The molecule has 0 saturated carbocycles. The van der Waals surface area contributed by atoms with Gasteiger partial charge in [0.15, 0.2) is 0 Å². The highest BCUT2D eigenvalue weighted by Gasteiger charge is 2.44. The Kier molecular flexibility index (Phi) is 4.69. The fourth-order valence-corrected chi connectivity index (χ4v) is 2.70. The lowest BCUT2D eigenvalue weighted by atomic mass is 9.84. The molecule has 3 N–H and O–H groups in total. The molecule has 2 aliphatic heterocycles. The summed E-state index contributed by atoms with van der Waals surface area (Å²) in [6, 6.07) is -0.228. The number of ether oxygens (including phenoxy) is 2. The number of carbonyl (C=O) groups is 1. The predicted molar refractivity (Wildman–Crippen MR) is 76.4 cm³/mol. The molecule has 0 aromatic heterocycles. The molecule has 0 aromatic carbocycles. The van der Waals surface area contributed by atoms with Crippen molar-refractivity contribution in [1.82, 2.24) is 10.2 Å². The van der Waals surface area contributed by atoms with Crippen LogP contribution in [0.15, 0.2) is 0 Å². The molecule has 0 aromatic rings. The monoisotopic (exact) mass is 285 g/mol. The van der Waals surface area contributed by atoms with Gasteiger partial charge in [0.05, 0.1) is 31.8 Å². The van der Waals surface area contributed by atoms with Crippen molar-refractivity contribution in [3.8, 4) is 0 Å². The molecule has 2 atom stereocenters. The van der Waals surface area contributed by atoms with E-state index in [1.165, 1.54) is 0 Å². The Morgan fingerprint density at radius 3 is 2.60 bits per heavy atom. The zero-order valence-corrected chi connectivity index (χ0v) is 12.8. The Morgan fingerprint density at radius 2 is 2.05 bits per heavy atom. The van der Waals surface area contributed by atoms with Crippen LogP contribution in [-0.4, -0.2) is 68.4 Å². The number of amides is 1. The van der Waals surface area contributed by atoms with Gasteiger partial charge in [0.2, 0.25) is 5.91 Å². The van der Waals surface area contributed by atoms with Crippen LogP contribution in [0.5, 0.6) is 0 Å². The van der Waals surface area contributed by atoms with Gasteiger partial charge in [0.1, 0.15) is 0 Å². The van der Waals surface area contributed by atoms with Gasteiger partial charge in [-0.05, 0) is 20.8 Å². The zero-order valence-electron chi connectivity index (χ0n) is 12.8. The van der Waals surface area contributed by atoms with Crippen LogP contribution in [0, 0.1) is 5.41 Å². The van der Waals surface area contributed by atoms with Crippen LogP contribution >= 0.6 is 0 Å². The molecule has 116 valence electrons. The molecule has 0 radical (unpaired) electrons. The second-order valence-electron chi connectivity index (χ2n) is 6.63. The number of nitrogens with one attached hydrogen (secondary N) is 1. The van der Waals surface area contributed by atoms with Crippen molar-refractivity contribution >= 4 is 5.91 Å². The molecular weight excluding hydrogens is 258 g/mol. The van der Waals surface area contributed by atoms with Crippen molar-refractivity contribution in [2.24, 2.45) is 11.1 Å². The third-order valence-electron chi connectivity index (χ3n) is 4.59. The molecule has 2 unspecified atom stereocenters. The summed E-state index contributed by atoms with van der Waals surface area (Å²) >= 11 is 0. The Balaban J connectivity index is 1.88. The zero-order chi connectivity index (χ0) is 14.8. The molecule has 20 heavy (non-hydrogen) atoms. The molecule has 2 heterocycles. The van der Waals surface area contributed by atoms with Crippen molar-refractivity contribution in [2.45, 2.75) is 32.4 Å². The molecule has 2 rings (SSSR count). The van der Waals surface area contributed by atoms with Crippen LogP contribution in [0.1, 0.15) is 20.8 Å². The Labute approximate surface area is 121 Å². The van der Waals surface area contributed by atoms with Gasteiger partial charge < -0.3 is 20.5 Å². The summed E-state index contributed by atoms with van der Waals surface area (Å²) in [5, 5.41) is 3.05. The van der Waals surface area contributed by atoms with E-state index < -0.39 is 5.41 Å². The minimum atomic E-state index is -0.610. The van der Waals surface area contributed by atoms with E-state index in [1.807, 2.05) is 6.92 Å². The number of hydrogen-bond acceptors (Lipinski definition) is 5. The van der Waals surface area contributed by atoms with Gasteiger partial charge in [-0.2, -0.15) is 0 Å². The van der Waals surface area contributed by atoms with Gasteiger partial charge in [-0.3, -0.25) is 9.69 Å². The van der Waals surface area contributed by atoms with Gasteiger partial charge in [-0.1, -0.05) is 0 Å². The van der Waals surface area contributed by atoms with Crippen LogP contribution in [0.2, 0.25) is 0 Å². The molecule has 6 nitrogen and oxygen atoms in total. The first-order chi connectivity index (χ1) is 9.36. The van der Waals surface area contributed by atoms with Crippen LogP contribution in [0.4, 0.5) is 0 Å². The first-order valence-corrected chi connectivity index (χ1v) is 7.31. The number of nitrogens with zero attached hydrogens (tertiary/aromatic N) is 1. The molecule has 6 heteroatoms. The fourth-order valence-electron chi connectivity index (χ4n) is 2.70. The molecule has 0 bridgehead atoms. The second kappa shape index (κ2) is 5.97. The fraction of sp³-hybridized carbons (Fsp3) is 0.929. The summed E-state index contributed by atoms with van der Waals surface area (Å²) in [4.78, 5) is 14.7. The molecule has 0 aliphatic carbocycles. The standard InChI is InChI=1S/C14H27N3O3/c1-13(2,17-4-6-19-7-5-17)9-16-12(18)14(3)10-20-8-11(14)15/h11H,4-10,15H2,1-3H3,(H,16,18). The molecular formula is C14H27N3O3. The maximum atomic E-state index is 12.4. The summed E-state index contributed by atoms with van der Waals surface area (Å²) < 4.78 is 10.7. The van der Waals surface area contributed by atoms with Gasteiger partial charge >= 0.3 is 0 Å². The molecule has 0 spiro atoms. The summed E-state index contributed by atoms with van der Waals surface area (Å²) in [5.41, 5.74) is 5.29. The summed E-state index contributed by atoms with van der Waals surface area (Å²) in [6.07, 6.45) is 0. The third kappa shape index (κ3) is 3.14. The molecule has 2 saturated heterocycles. The predicted octanol–water partition coefficient (Wildman–Crippen LogP) is -0.423. The number of rotatable bonds is 4. The quantitative estimate of drug-likeness (QED) is 0.733. The highest BCUT2D eigenvalue weighted by Crippen LogP contribution is 2.27. The van der Waals surface area contributed by atoms with E-state index in [1.54, 1.807) is 0 Å². The van der Waals surface area contributed by atoms with Gasteiger partial charge in [0.25, 0.3) is 0 Å². The number of carbonyl (C=O) groups excluding carboxylic acids is 1. The third-order valence-corrected chi connectivity index (χ3v) is 4.59. The van der Waals surface area contributed by atoms with Crippen LogP contribution in [-0.2, 0) is 14.3 Å². The summed E-state index contributed by atoms with van der Waals surface area (Å²) in [6.45, 7) is 11.0.